The van der Waals surface area contributed by atoms with Gasteiger partial charge in [0, 0.05) is 0 Å². The summed E-state index contributed by atoms with van der Waals surface area (Å²) in [5, 5.41) is 10.1. The number of nitriles is 1. The van der Waals surface area contributed by atoms with Crippen LogP contribution in [0.25, 0.3) is 0 Å². The molecule has 3 rings (SSSR count). The number of rotatable bonds is 5. The molecule has 1 heteroatoms. The van der Waals surface area contributed by atoms with Crippen molar-refractivity contribution in [2.75, 3.05) is 0 Å². The van der Waals surface area contributed by atoms with Gasteiger partial charge < -0.3 is 0 Å². The Bertz CT molecular complexity index is 424. The van der Waals surface area contributed by atoms with Gasteiger partial charge in [0.15, 0.2) is 0 Å². The molecule has 0 bridgehead atoms. The first-order valence-corrected chi connectivity index (χ1v) is 11.6. The maximum absolute atomic E-state index is 10.1. The van der Waals surface area contributed by atoms with Crippen LogP contribution in [-0.4, -0.2) is 0 Å². The molecule has 0 aromatic heterocycles. The van der Waals surface area contributed by atoms with Crippen LogP contribution in [0.1, 0.15) is 110 Å². The molecule has 0 aliphatic heterocycles. The largest absolute Gasteiger partial charge is 0.198 e. The molecule has 25 heavy (non-hydrogen) atoms. The molecule has 0 saturated heterocycles. The fraction of sp³-hybridized carbons (Fsp3) is 0.958. The lowest BCUT2D eigenvalue weighted by Crippen LogP contribution is -2.37. The summed E-state index contributed by atoms with van der Waals surface area (Å²) in [6.45, 7) is 4.67. The maximum Gasteiger partial charge on any atom is 0.0692 e. The van der Waals surface area contributed by atoms with Gasteiger partial charge in [-0.15, -0.1) is 0 Å². The van der Waals surface area contributed by atoms with Gasteiger partial charge in [-0.25, -0.2) is 0 Å². The predicted molar refractivity (Wildman–Crippen MR) is 106 cm³/mol. The molecule has 142 valence electrons. The van der Waals surface area contributed by atoms with E-state index in [-0.39, 0.29) is 5.41 Å². The summed E-state index contributed by atoms with van der Waals surface area (Å²) in [5.41, 5.74) is 0.0502. The Morgan fingerprint density at radius 3 is 1.84 bits per heavy atom. The molecule has 0 amide bonds. The van der Waals surface area contributed by atoms with Crippen LogP contribution < -0.4 is 0 Å². The first kappa shape index (κ1) is 19.3. The Balaban J connectivity index is 1.49. The monoisotopic (exact) mass is 343 g/mol. The molecule has 3 aliphatic carbocycles. The normalized spacial score (nSPS) is 42.7. The molecule has 0 spiro atoms. The van der Waals surface area contributed by atoms with E-state index in [4.69, 9.17) is 0 Å². The molecule has 0 radical (unpaired) electrons. The van der Waals surface area contributed by atoms with E-state index in [2.05, 4.69) is 19.9 Å². The van der Waals surface area contributed by atoms with Gasteiger partial charge in [0.2, 0.25) is 0 Å². The second kappa shape index (κ2) is 8.92. The lowest BCUT2D eigenvalue weighted by molar-refractivity contribution is 0.0609. The molecule has 0 unspecified atom stereocenters. The lowest BCUT2D eigenvalue weighted by atomic mass is 9.58. The van der Waals surface area contributed by atoms with E-state index in [1.165, 1.54) is 96.3 Å². The zero-order chi connectivity index (χ0) is 17.7. The molecular formula is C24H41N. The first-order chi connectivity index (χ1) is 12.2. The Hall–Kier alpha value is -0.510. The highest BCUT2D eigenvalue weighted by atomic mass is 14.5. The minimum absolute atomic E-state index is 0.0502. The second-order valence-corrected chi connectivity index (χ2v) is 9.80. The smallest absolute Gasteiger partial charge is 0.0692 e. The zero-order valence-corrected chi connectivity index (χ0v) is 16.9. The van der Waals surface area contributed by atoms with Crippen molar-refractivity contribution in [3.05, 3.63) is 0 Å². The molecule has 0 aromatic carbocycles. The van der Waals surface area contributed by atoms with E-state index in [0.717, 1.165) is 23.7 Å². The average Bonchev–Trinajstić information content (AvgIpc) is 2.69. The quantitative estimate of drug-likeness (QED) is 0.506. The third kappa shape index (κ3) is 4.43. The molecule has 0 aromatic rings. The average molecular weight is 344 g/mol. The van der Waals surface area contributed by atoms with Gasteiger partial charge in [-0.1, -0.05) is 58.8 Å². The van der Waals surface area contributed by atoms with Crippen molar-refractivity contribution in [3.63, 3.8) is 0 Å². The lowest BCUT2D eigenvalue weighted by Gasteiger charge is -2.45. The van der Waals surface area contributed by atoms with Gasteiger partial charge in [0.1, 0.15) is 0 Å². The standard InChI is InChI=1S/C24H41N/c1-3-5-20-6-10-21(11-7-20)22-14-16-24(18-25,17-15-22)23-12-8-19(4-2)9-13-23/h19-23H,3-17H2,1-2H3. The van der Waals surface area contributed by atoms with Crippen LogP contribution >= 0.6 is 0 Å². The van der Waals surface area contributed by atoms with E-state index in [9.17, 15) is 5.26 Å². The molecule has 1 nitrogen and oxygen atoms in total. The fourth-order valence-corrected chi connectivity index (χ4v) is 6.72. The van der Waals surface area contributed by atoms with Gasteiger partial charge in [-0.05, 0) is 81.0 Å². The van der Waals surface area contributed by atoms with Gasteiger partial charge in [-0.2, -0.15) is 5.26 Å². The molecule has 0 atom stereocenters. The number of hydrogen-bond donors (Lipinski definition) is 0. The van der Waals surface area contributed by atoms with Crippen LogP contribution in [0.15, 0.2) is 0 Å². The molecule has 0 N–H and O–H groups in total. The van der Waals surface area contributed by atoms with Crippen molar-refractivity contribution in [2.45, 2.75) is 110 Å². The molecule has 0 heterocycles. The van der Waals surface area contributed by atoms with Crippen LogP contribution in [0.4, 0.5) is 0 Å². The third-order valence-electron chi connectivity index (χ3n) is 8.61. The minimum atomic E-state index is 0.0502. The summed E-state index contributed by atoms with van der Waals surface area (Å²) >= 11 is 0. The minimum Gasteiger partial charge on any atom is -0.198 e. The van der Waals surface area contributed by atoms with Crippen molar-refractivity contribution in [2.24, 2.45) is 35.0 Å². The van der Waals surface area contributed by atoms with Crippen LogP contribution in [0.3, 0.4) is 0 Å². The number of hydrogen-bond acceptors (Lipinski definition) is 1. The first-order valence-electron chi connectivity index (χ1n) is 11.6. The van der Waals surface area contributed by atoms with Crippen molar-refractivity contribution in [1.29, 1.82) is 5.26 Å². The Morgan fingerprint density at radius 1 is 0.760 bits per heavy atom. The van der Waals surface area contributed by atoms with Crippen LogP contribution in [-0.2, 0) is 0 Å². The summed E-state index contributed by atoms with van der Waals surface area (Å²) in [5.74, 6) is 4.61. The number of nitrogens with zero attached hydrogens (tertiary/aromatic N) is 1. The summed E-state index contributed by atoms with van der Waals surface area (Å²) in [6, 6.07) is 2.87. The van der Waals surface area contributed by atoms with Crippen LogP contribution in [0.2, 0.25) is 0 Å². The zero-order valence-electron chi connectivity index (χ0n) is 16.9. The summed E-state index contributed by atoms with van der Waals surface area (Å²) < 4.78 is 0. The van der Waals surface area contributed by atoms with Crippen LogP contribution in [0.5, 0.6) is 0 Å². The SMILES string of the molecule is CCCC1CCC(C2CCC(C#N)(C3CCC(CC)CC3)CC2)CC1. The van der Waals surface area contributed by atoms with E-state index < -0.39 is 0 Å². The molecule has 3 aliphatic rings. The highest BCUT2D eigenvalue weighted by molar-refractivity contribution is 5.06. The molecular weight excluding hydrogens is 302 g/mol. The van der Waals surface area contributed by atoms with Crippen molar-refractivity contribution >= 4 is 0 Å². The fourth-order valence-electron chi connectivity index (χ4n) is 6.72. The Morgan fingerprint density at radius 2 is 1.32 bits per heavy atom. The Kier molecular flexibility index (Phi) is 6.87. The maximum atomic E-state index is 10.1. The Labute approximate surface area is 157 Å². The van der Waals surface area contributed by atoms with Gasteiger partial charge >= 0.3 is 0 Å². The van der Waals surface area contributed by atoms with E-state index in [1.54, 1.807) is 0 Å². The van der Waals surface area contributed by atoms with Crippen molar-refractivity contribution in [1.82, 2.24) is 0 Å². The summed E-state index contributed by atoms with van der Waals surface area (Å²) in [7, 11) is 0. The summed E-state index contributed by atoms with van der Waals surface area (Å²) in [6.07, 6.45) is 20.7. The van der Waals surface area contributed by atoms with Gasteiger partial charge in [0.05, 0.1) is 11.5 Å². The second-order valence-electron chi connectivity index (χ2n) is 9.80. The van der Waals surface area contributed by atoms with E-state index in [1.807, 2.05) is 0 Å². The highest BCUT2D eigenvalue weighted by Gasteiger charge is 2.44. The van der Waals surface area contributed by atoms with Crippen molar-refractivity contribution in [3.8, 4) is 6.07 Å². The van der Waals surface area contributed by atoms with Crippen LogP contribution in [0, 0.1) is 46.3 Å². The summed E-state index contributed by atoms with van der Waals surface area (Å²) in [4.78, 5) is 0. The van der Waals surface area contributed by atoms with Gasteiger partial charge in [-0.3, -0.25) is 0 Å². The van der Waals surface area contributed by atoms with E-state index in [0.29, 0.717) is 5.92 Å². The van der Waals surface area contributed by atoms with E-state index >= 15 is 0 Å². The topological polar surface area (TPSA) is 23.8 Å². The highest BCUT2D eigenvalue weighted by Crippen LogP contribution is 2.52. The van der Waals surface area contributed by atoms with Gasteiger partial charge in [0.25, 0.3) is 0 Å². The predicted octanol–water partition coefficient (Wildman–Crippen LogP) is 7.51. The molecule has 3 saturated carbocycles. The molecule has 3 fully saturated rings. The third-order valence-corrected chi connectivity index (χ3v) is 8.61. The van der Waals surface area contributed by atoms with Crippen molar-refractivity contribution < 1.29 is 0 Å².